The third kappa shape index (κ3) is 2.43. The Morgan fingerprint density at radius 1 is 1.39 bits per heavy atom. The summed E-state index contributed by atoms with van der Waals surface area (Å²) < 4.78 is 14.5. The highest BCUT2D eigenvalue weighted by Gasteiger charge is 2.31. The van der Waals surface area contributed by atoms with Crippen molar-refractivity contribution in [2.24, 2.45) is 10.9 Å². The van der Waals surface area contributed by atoms with E-state index in [1.807, 2.05) is 6.07 Å². The Kier molecular flexibility index (Phi) is 3.61. The zero-order valence-corrected chi connectivity index (χ0v) is 12.2. The van der Waals surface area contributed by atoms with Crippen LogP contribution in [0.15, 0.2) is 27.7 Å². The lowest BCUT2D eigenvalue weighted by atomic mass is 10.1. The van der Waals surface area contributed by atoms with E-state index in [1.165, 1.54) is 25.3 Å². The second kappa shape index (κ2) is 5.21. The predicted molar refractivity (Wildman–Crippen MR) is 78.7 cm³/mol. The van der Waals surface area contributed by atoms with Gasteiger partial charge in [0.15, 0.2) is 5.17 Å². The first-order chi connectivity index (χ1) is 8.74. The van der Waals surface area contributed by atoms with Crippen LogP contribution >= 0.6 is 27.7 Å². The molecule has 2 nitrogen and oxygen atoms in total. The van der Waals surface area contributed by atoms with Crippen molar-refractivity contribution in [2.45, 2.75) is 25.3 Å². The Labute approximate surface area is 119 Å². The Morgan fingerprint density at radius 2 is 2.28 bits per heavy atom. The van der Waals surface area contributed by atoms with Gasteiger partial charge >= 0.3 is 0 Å². The smallest absolute Gasteiger partial charge is 0.161 e. The van der Waals surface area contributed by atoms with Crippen LogP contribution in [0.3, 0.4) is 0 Å². The highest BCUT2D eigenvalue weighted by Crippen LogP contribution is 2.36. The fourth-order valence-electron chi connectivity index (χ4n) is 2.55. The number of hydrogen-bond donors (Lipinski definition) is 1. The van der Waals surface area contributed by atoms with Crippen LogP contribution in [0.2, 0.25) is 0 Å². The number of nitrogens with zero attached hydrogens (tertiary/aromatic N) is 1. The van der Waals surface area contributed by atoms with Crippen LogP contribution in [0.4, 0.5) is 10.1 Å². The number of thioether (sulfide) groups is 1. The minimum absolute atomic E-state index is 0.249. The molecular formula is C13H14BrFN2S. The Balaban J connectivity index is 1.80. The number of para-hydroxylation sites is 1. The minimum Gasteiger partial charge on any atom is -0.332 e. The van der Waals surface area contributed by atoms with Gasteiger partial charge in [0.05, 0.1) is 11.7 Å². The molecule has 0 amide bonds. The van der Waals surface area contributed by atoms with E-state index < -0.39 is 0 Å². The fourth-order valence-corrected chi connectivity index (χ4v) is 4.13. The number of nitrogens with one attached hydrogen (secondary N) is 1. The summed E-state index contributed by atoms with van der Waals surface area (Å²) in [5, 5.41) is 3.97. The van der Waals surface area contributed by atoms with E-state index >= 15 is 0 Å². The molecule has 0 radical (unpaired) electrons. The second-order valence-corrected chi connectivity index (χ2v) is 6.59. The Morgan fingerprint density at radius 3 is 3.11 bits per heavy atom. The highest BCUT2D eigenvalue weighted by molar-refractivity contribution is 9.10. The SMILES string of the molecule is Fc1cccc(Br)c1NC1=NC2CCCC2CS1. The molecule has 1 fully saturated rings. The van der Waals surface area contributed by atoms with Gasteiger partial charge in [-0.15, -0.1) is 0 Å². The summed E-state index contributed by atoms with van der Waals surface area (Å²) in [7, 11) is 0. The lowest BCUT2D eigenvalue weighted by molar-refractivity contribution is 0.535. The van der Waals surface area contributed by atoms with Gasteiger partial charge in [0.25, 0.3) is 0 Å². The van der Waals surface area contributed by atoms with Crippen molar-refractivity contribution in [1.29, 1.82) is 0 Å². The Hall–Kier alpha value is -0.550. The number of aliphatic imine (C=N–C) groups is 1. The molecule has 1 aliphatic carbocycles. The van der Waals surface area contributed by atoms with Gasteiger partial charge in [-0.2, -0.15) is 0 Å². The van der Waals surface area contributed by atoms with Crippen LogP contribution in [0.1, 0.15) is 19.3 Å². The van der Waals surface area contributed by atoms with Crippen molar-refractivity contribution >= 4 is 38.5 Å². The van der Waals surface area contributed by atoms with Crippen LogP contribution in [-0.4, -0.2) is 17.0 Å². The van der Waals surface area contributed by atoms with Crippen molar-refractivity contribution in [3.8, 4) is 0 Å². The van der Waals surface area contributed by atoms with Crippen LogP contribution in [-0.2, 0) is 0 Å². The molecule has 0 bridgehead atoms. The van der Waals surface area contributed by atoms with Crippen molar-refractivity contribution in [1.82, 2.24) is 0 Å². The van der Waals surface area contributed by atoms with Gasteiger partial charge in [-0.1, -0.05) is 24.2 Å². The first-order valence-corrected chi connectivity index (χ1v) is 7.93. The number of amidine groups is 1. The molecule has 0 saturated heterocycles. The average Bonchev–Trinajstić information content (AvgIpc) is 2.81. The van der Waals surface area contributed by atoms with Crippen molar-refractivity contribution in [3.05, 3.63) is 28.5 Å². The molecule has 1 heterocycles. The first-order valence-electron chi connectivity index (χ1n) is 6.15. The maximum absolute atomic E-state index is 13.7. The summed E-state index contributed by atoms with van der Waals surface area (Å²) in [4.78, 5) is 4.70. The van der Waals surface area contributed by atoms with Crippen LogP contribution < -0.4 is 5.32 Å². The van der Waals surface area contributed by atoms with Gasteiger partial charge in [0, 0.05) is 10.2 Å². The molecule has 96 valence electrons. The van der Waals surface area contributed by atoms with Gasteiger partial charge in [-0.25, -0.2) is 4.39 Å². The lowest BCUT2D eigenvalue weighted by Crippen LogP contribution is -2.25. The molecule has 2 aliphatic rings. The zero-order valence-electron chi connectivity index (χ0n) is 9.83. The number of anilines is 1. The van der Waals surface area contributed by atoms with E-state index in [-0.39, 0.29) is 5.82 Å². The molecule has 1 aliphatic heterocycles. The molecule has 18 heavy (non-hydrogen) atoms. The number of rotatable bonds is 1. The molecule has 0 aromatic heterocycles. The van der Waals surface area contributed by atoms with E-state index in [4.69, 9.17) is 4.99 Å². The Bertz CT molecular complexity index is 472. The summed E-state index contributed by atoms with van der Waals surface area (Å²) in [6, 6.07) is 5.42. The molecule has 2 atom stereocenters. The number of benzene rings is 1. The summed E-state index contributed by atoms with van der Waals surface area (Å²) in [6.45, 7) is 0. The van der Waals surface area contributed by atoms with Crippen molar-refractivity contribution in [3.63, 3.8) is 0 Å². The van der Waals surface area contributed by atoms with E-state index in [0.717, 1.165) is 21.3 Å². The molecule has 1 saturated carbocycles. The van der Waals surface area contributed by atoms with Gasteiger partial charge in [-0.3, -0.25) is 4.99 Å². The average molecular weight is 329 g/mol. The number of halogens is 2. The zero-order chi connectivity index (χ0) is 12.5. The third-order valence-electron chi connectivity index (χ3n) is 3.53. The monoisotopic (exact) mass is 328 g/mol. The summed E-state index contributed by atoms with van der Waals surface area (Å²) >= 11 is 5.07. The summed E-state index contributed by atoms with van der Waals surface area (Å²) in [6.07, 6.45) is 3.74. The van der Waals surface area contributed by atoms with Gasteiger partial charge in [0.1, 0.15) is 5.82 Å². The van der Waals surface area contributed by atoms with Crippen LogP contribution in [0.25, 0.3) is 0 Å². The quantitative estimate of drug-likeness (QED) is 0.832. The number of fused-ring (bicyclic) bond motifs is 1. The van der Waals surface area contributed by atoms with Gasteiger partial charge < -0.3 is 5.32 Å². The van der Waals surface area contributed by atoms with E-state index in [9.17, 15) is 4.39 Å². The van der Waals surface area contributed by atoms with Gasteiger partial charge in [0.2, 0.25) is 0 Å². The normalized spacial score (nSPS) is 26.7. The summed E-state index contributed by atoms with van der Waals surface area (Å²) in [5.41, 5.74) is 0.486. The fraction of sp³-hybridized carbons (Fsp3) is 0.462. The van der Waals surface area contributed by atoms with E-state index in [2.05, 4.69) is 21.2 Å². The number of hydrogen-bond acceptors (Lipinski definition) is 3. The lowest BCUT2D eigenvalue weighted by Gasteiger charge is -2.23. The predicted octanol–water partition coefficient (Wildman–Crippen LogP) is 4.27. The topological polar surface area (TPSA) is 24.4 Å². The molecule has 1 aromatic rings. The molecule has 2 unspecified atom stereocenters. The highest BCUT2D eigenvalue weighted by atomic mass is 79.9. The molecule has 5 heteroatoms. The van der Waals surface area contributed by atoms with Crippen molar-refractivity contribution < 1.29 is 4.39 Å². The standard InChI is InChI=1S/C13H14BrFN2S/c14-9-4-2-5-10(15)12(9)17-13-16-11-6-1-3-8(11)7-18-13/h2,4-5,8,11H,1,3,6-7H2,(H,16,17). The molecule has 1 N–H and O–H groups in total. The molecule has 3 rings (SSSR count). The molecule has 0 spiro atoms. The van der Waals surface area contributed by atoms with Crippen LogP contribution in [0.5, 0.6) is 0 Å². The third-order valence-corrected chi connectivity index (χ3v) is 5.27. The maximum Gasteiger partial charge on any atom is 0.161 e. The summed E-state index contributed by atoms with van der Waals surface area (Å²) in [5.74, 6) is 1.58. The molecule has 1 aromatic carbocycles. The first kappa shape index (κ1) is 12.5. The van der Waals surface area contributed by atoms with Crippen molar-refractivity contribution in [2.75, 3.05) is 11.1 Å². The minimum atomic E-state index is -0.249. The van der Waals surface area contributed by atoms with E-state index in [0.29, 0.717) is 11.7 Å². The molecular weight excluding hydrogens is 315 g/mol. The second-order valence-electron chi connectivity index (χ2n) is 4.73. The van der Waals surface area contributed by atoms with Gasteiger partial charge in [-0.05, 0) is 46.8 Å². The van der Waals surface area contributed by atoms with E-state index in [1.54, 1.807) is 17.8 Å². The van der Waals surface area contributed by atoms with Crippen LogP contribution in [0, 0.1) is 11.7 Å². The largest absolute Gasteiger partial charge is 0.332 e. The maximum atomic E-state index is 13.7.